The van der Waals surface area contributed by atoms with Crippen molar-refractivity contribution in [1.82, 2.24) is 19.7 Å². The Morgan fingerprint density at radius 3 is 2.55 bits per heavy atom. The van der Waals surface area contributed by atoms with E-state index < -0.39 is 0 Å². The molecule has 2 aromatic heterocycles. The van der Waals surface area contributed by atoms with Crippen molar-refractivity contribution >= 4 is 46.6 Å². The maximum absolute atomic E-state index is 6.02. The van der Waals surface area contributed by atoms with Gasteiger partial charge in [-0.1, -0.05) is 52.6 Å². The normalized spacial score (nSPS) is 10.9. The lowest BCUT2D eigenvalue weighted by Crippen LogP contribution is -1.95. The summed E-state index contributed by atoms with van der Waals surface area (Å²) >= 11 is 19.4. The Balaban J connectivity index is 1.81. The highest BCUT2D eigenvalue weighted by molar-refractivity contribution is 7.98. The zero-order valence-corrected chi connectivity index (χ0v) is 14.2. The molecule has 4 nitrogen and oxygen atoms in total. The van der Waals surface area contributed by atoms with Crippen molar-refractivity contribution in [3.8, 4) is 5.69 Å². The summed E-state index contributed by atoms with van der Waals surface area (Å²) < 4.78 is 1.88. The molecule has 0 amide bonds. The van der Waals surface area contributed by atoms with E-state index in [2.05, 4.69) is 15.2 Å². The van der Waals surface area contributed by atoms with Gasteiger partial charge in [-0.25, -0.2) is 4.98 Å². The first-order chi connectivity index (χ1) is 10.6. The van der Waals surface area contributed by atoms with E-state index in [1.54, 1.807) is 18.5 Å². The third kappa shape index (κ3) is 3.73. The van der Waals surface area contributed by atoms with E-state index in [0.29, 0.717) is 21.1 Å². The summed E-state index contributed by atoms with van der Waals surface area (Å²) in [6.07, 6.45) is 1.65. The zero-order chi connectivity index (χ0) is 15.5. The highest BCUT2D eigenvalue weighted by Gasteiger charge is 2.09. The van der Waals surface area contributed by atoms with Gasteiger partial charge in [0, 0.05) is 10.8 Å². The van der Waals surface area contributed by atoms with Crippen molar-refractivity contribution in [3.05, 3.63) is 63.6 Å². The highest BCUT2D eigenvalue weighted by atomic mass is 35.5. The number of benzene rings is 1. The molecule has 0 spiro atoms. The quantitative estimate of drug-likeness (QED) is 0.482. The van der Waals surface area contributed by atoms with Crippen LogP contribution in [-0.4, -0.2) is 19.7 Å². The predicted molar refractivity (Wildman–Crippen MR) is 90.2 cm³/mol. The highest BCUT2D eigenvalue weighted by Crippen LogP contribution is 2.26. The second-order valence-electron chi connectivity index (χ2n) is 4.37. The van der Waals surface area contributed by atoms with Crippen LogP contribution < -0.4 is 0 Å². The van der Waals surface area contributed by atoms with Gasteiger partial charge in [-0.3, -0.25) is 4.57 Å². The van der Waals surface area contributed by atoms with Crippen LogP contribution in [0.4, 0.5) is 0 Å². The molecule has 0 atom stereocenters. The number of nitrogens with zero attached hydrogens (tertiary/aromatic N) is 4. The molecule has 2 heterocycles. The number of aromatic nitrogens is 4. The van der Waals surface area contributed by atoms with Gasteiger partial charge in [-0.15, -0.1) is 10.2 Å². The summed E-state index contributed by atoms with van der Waals surface area (Å²) in [5.74, 6) is 0.654. The zero-order valence-electron chi connectivity index (χ0n) is 11.1. The maximum atomic E-state index is 6.02. The van der Waals surface area contributed by atoms with E-state index in [-0.39, 0.29) is 0 Å². The Bertz CT molecular complexity index is 786. The van der Waals surface area contributed by atoms with Crippen molar-refractivity contribution in [2.75, 3.05) is 0 Å². The number of hydrogen-bond acceptors (Lipinski definition) is 4. The van der Waals surface area contributed by atoms with Gasteiger partial charge in [0.05, 0.1) is 5.69 Å². The fourth-order valence-corrected chi connectivity index (χ4v) is 3.42. The van der Waals surface area contributed by atoms with Gasteiger partial charge in [0.25, 0.3) is 0 Å². The van der Waals surface area contributed by atoms with Crippen LogP contribution in [0.5, 0.6) is 0 Å². The molecule has 0 aliphatic rings. The van der Waals surface area contributed by atoms with Crippen LogP contribution in [0.15, 0.2) is 47.9 Å². The molecule has 0 saturated heterocycles. The number of thioether (sulfide) groups is 1. The van der Waals surface area contributed by atoms with Crippen LogP contribution >= 0.6 is 46.6 Å². The van der Waals surface area contributed by atoms with E-state index in [0.717, 1.165) is 16.4 Å². The molecule has 0 bridgehead atoms. The number of rotatable bonds is 4. The summed E-state index contributed by atoms with van der Waals surface area (Å²) in [6, 6.07) is 11.1. The largest absolute Gasteiger partial charge is 0.277 e. The molecule has 0 aliphatic heterocycles. The number of pyridine rings is 1. The minimum Gasteiger partial charge on any atom is -0.277 e. The van der Waals surface area contributed by atoms with Gasteiger partial charge in [-0.2, -0.15) is 0 Å². The Morgan fingerprint density at radius 2 is 1.82 bits per heavy atom. The Labute approximate surface area is 146 Å². The summed E-state index contributed by atoms with van der Waals surface area (Å²) in [5, 5.41) is 10.3. The minimum atomic E-state index is 0.374. The average Bonchev–Trinajstić information content (AvgIpc) is 2.92. The first-order valence-electron chi connectivity index (χ1n) is 6.22. The van der Waals surface area contributed by atoms with Crippen LogP contribution in [0, 0.1) is 0 Å². The lowest BCUT2D eigenvalue weighted by molar-refractivity contribution is 0.884. The SMILES string of the molecule is Clc1cccc(-n2cnnc2SCc2cc(Cl)nc(Cl)c2)c1. The summed E-state index contributed by atoms with van der Waals surface area (Å²) in [4.78, 5) is 3.93. The van der Waals surface area contributed by atoms with Crippen LogP contribution in [0.25, 0.3) is 5.69 Å². The lowest BCUT2D eigenvalue weighted by Gasteiger charge is -2.07. The van der Waals surface area contributed by atoms with Crippen LogP contribution in [0.3, 0.4) is 0 Å². The van der Waals surface area contributed by atoms with Gasteiger partial charge in [-0.05, 0) is 35.9 Å². The average molecular weight is 372 g/mol. The third-order valence-corrected chi connectivity index (χ3v) is 4.43. The third-order valence-electron chi connectivity index (χ3n) is 2.79. The van der Waals surface area contributed by atoms with E-state index in [1.165, 1.54) is 11.8 Å². The molecule has 22 heavy (non-hydrogen) atoms. The maximum Gasteiger partial charge on any atom is 0.195 e. The van der Waals surface area contributed by atoms with Gasteiger partial charge < -0.3 is 0 Å². The molecule has 0 radical (unpaired) electrons. The first-order valence-corrected chi connectivity index (χ1v) is 8.34. The van der Waals surface area contributed by atoms with Crippen LogP contribution in [0.2, 0.25) is 15.3 Å². The van der Waals surface area contributed by atoms with E-state index in [4.69, 9.17) is 34.8 Å². The predicted octanol–water partition coefficient (Wildman–Crippen LogP) is 4.91. The molecule has 0 fully saturated rings. The first kappa shape index (κ1) is 15.6. The number of halogens is 3. The summed E-state index contributed by atoms with van der Waals surface area (Å²) in [5.41, 5.74) is 1.88. The molecule has 0 N–H and O–H groups in total. The molecule has 8 heteroatoms. The van der Waals surface area contributed by atoms with Crippen molar-refractivity contribution < 1.29 is 0 Å². The smallest absolute Gasteiger partial charge is 0.195 e. The lowest BCUT2D eigenvalue weighted by atomic mass is 10.3. The summed E-state index contributed by atoms with van der Waals surface area (Å²) in [6.45, 7) is 0. The van der Waals surface area contributed by atoms with Gasteiger partial charge >= 0.3 is 0 Å². The topological polar surface area (TPSA) is 43.6 Å². The Hall–Kier alpha value is -1.27. The van der Waals surface area contributed by atoms with Crippen molar-refractivity contribution in [2.24, 2.45) is 0 Å². The molecule has 0 saturated carbocycles. The van der Waals surface area contributed by atoms with Gasteiger partial charge in [0.2, 0.25) is 0 Å². The molecular formula is C14H9Cl3N4S. The van der Waals surface area contributed by atoms with Crippen LogP contribution in [0.1, 0.15) is 5.56 Å². The number of hydrogen-bond donors (Lipinski definition) is 0. The Kier molecular flexibility index (Phi) is 4.88. The molecule has 3 aromatic rings. The molecule has 1 aromatic carbocycles. The fourth-order valence-electron chi connectivity index (χ4n) is 1.87. The van der Waals surface area contributed by atoms with Crippen molar-refractivity contribution in [3.63, 3.8) is 0 Å². The Morgan fingerprint density at radius 1 is 1.05 bits per heavy atom. The van der Waals surface area contributed by atoms with Gasteiger partial charge in [0.15, 0.2) is 5.16 Å². The second kappa shape index (κ2) is 6.87. The van der Waals surface area contributed by atoms with E-state index in [1.807, 2.05) is 28.8 Å². The summed E-state index contributed by atoms with van der Waals surface area (Å²) in [7, 11) is 0. The van der Waals surface area contributed by atoms with Crippen LogP contribution in [-0.2, 0) is 5.75 Å². The van der Waals surface area contributed by atoms with Crippen molar-refractivity contribution in [1.29, 1.82) is 0 Å². The fraction of sp³-hybridized carbons (Fsp3) is 0.0714. The molecule has 112 valence electrons. The molecule has 3 rings (SSSR count). The monoisotopic (exact) mass is 370 g/mol. The van der Waals surface area contributed by atoms with E-state index >= 15 is 0 Å². The molecule has 0 aliphatic carbocycles. The standard InChI is InChI=1S/C14H9Cl3N4S/c15-10-2-1-3-11(6-10)21-8-18-20-14(21)22-7-9-4-12(16)19-13(17)5-9/h1-6,8H,7H2. The van der Waals surface area contributed by atoms with Gasteiger partial charge in [0.1, 0.15) is 16.6 Å². The second-order valence-corrected chi connectivity index (χ2v) is 6.53. The molecule has 0 unspecified atom stereocenters. The minimum absolute atomic E-state index is 0.374. The van der Waals surface area contributed by atoms with Crippen molar-refractivity contribution in [2.45, 2.75) is 10.9 Å². The molecular weight excluding hydrogens is 363 g/mol. The van der Waals surface area contributed by atoms with E-state index in [9.17, 15) is 0 Å².